The first-order valence-electron chi connectivity index (χ1n) is 3.58. The molecule has 0 aliphatic rings. The second kappa shape index (κ2) is 3.03. The van der Waals surface area contributed by atoms with Gasteiger partial charge in [-0.1, -0.05) is 0 Å². The Bertz CT molecular complexity index is 465. The highest BCUT2D eigenvalue weighted by Crippen LogP contribution is 2.23. The highest BCUT2D eigenvalue weighted by molar-refractivity contribution is 9.10. The molecule has 0 unspecified atom stereocenters. The van der Waals surface area contributed by atoms with Gasteiger partial charge in [0.1, 0.15) is 5.82 Å². The third kappa shape index (κ3) is 1.54. The van der Waals surface area contributed by atoms with Crippen LogP contribution in [0.3, 0.4) is 0 Å². The molecule has 0 atom stereocenters. The number of aromatic nitrogens is 1. The first-order valence-corrected chi connectivity index (χ1v) is 4.37. The minimum absolute atomic E-state index is 0.312. The second-order valence-electron chi connectivity index (χ2n) is 2.59. The summed E-state index contributed by atoms with van der Waals surface area (Å²) in [6.45, 7) is 0. The van der Waals surface area contributed by atoms with Crippen LogP contribution >= 0.6 is 15.9 Å². The fraction of sp³-hybridized carbons (Fsp3) is 0. The molecule has 2 rings (SSSR count). The smallest absolute Gasteiger partial charge is 0.214 e. The maximum atomic E-state index is 12.8. The van der Waals surface area contributed by atoms with Crippen molar-refractivity contribution in [3.63, 3.8) is 0 Å². The Labute approximate surface area is 81.5 Å². The quantitative estimate of drug-likeness (QED) is 0.648. The van der Waals surface area contributed by atoms with E-state index in [4.69, 9.17) is 0 Å². The normalized spacial score (nSPS) is 10.7. The topological polar surface area (TPSA) is 12.9 Å². The van der Waals surface area contributed by atoms with E-state index in [-0.39, 0.29) is 0 Å². The molecule has 0 fully saturated rings. The summed E-state index contributed by atoms with van der Waals surface area (Å²) in [6, 6.07) is 5.32. The van der Waals surface area contributed by atoms with Crippen molar-refractivity contribution in [3.8, 4) is 0 Å². The minimum Gasteiger partial charge on any atom is -0.220 e. The molecule has 1 nitrogen and oxygen atoms in total. The molecule has 0 aliphatic heterocycles. The van der Waals surface area contributed by atoms with E-state index in [0.29, 0.717) is 15.4 Å². The number of halogens is 3. The van der Waals surface area contributed by atoms with E-state index in [9.17, 15) is 8.78 Å². The predicted octanol–water partition coefficient (Wildman–Crippen LogP) is 3.28. The van der Waals surface area contributed by atoms with E-state index in [1.807, 2.05) is 0 Å². The third-order valence-electron chi connectivity index (χ3n) is 1.69. The van der Waals surface area contributed by atoms with Crippen LogP contribution < -0.4 is 0 Å². The average Bonchev–Trinajstić information content (AvgIpc) is 2.02. The van der Waals surface area contributed by atoms with Crippen LogP contribution in [0.2, 0.25) is 0 Å². The van der Waals surface area contributed by atoms with Gasteiger partial charge in [0, 0.05) is 22.0 Å². The van der Waals surface area contributed by atoms with Gasteiger partial charge in [0.2, 0.25) is 5.95 Å². The van der Waals surface area contributed by atoms with Gasteiger partial charge in [-0.2, -0.15) is 4.39 Å². The van der Waals surface area contributed by atoms with Gasteiger partial charge in [0.25, 0.3) is 0 Å². The van der Waals surface area contributed by atoms with Gasteiger partial charge in [0.05, 0.1) is 5.52 Å². The van der Waals surface area contributed by atoms with Crippen molar-refractivity contribution < 1.29 is 8.78 Å². The molecule has 0 radical (unpaired) electrons. The van der Waals surface area contributed by atoms with Crippen LogP contribution in [0.25, 0.3) is 10.9 Å². The molecule has 0 saturated heterocycles. The lowest BCUT2D eigenvalue weighted by molar-refractivity contribution is 0.587. The SMILES string of the molecule is Fc1ccc2c(Br)cc(F)nc2c1. The Hall–Kier alpha value is -1.03. The maximum absolute atomic E-state index is 12.8. The summed E-state index contributed by atoms with van der Waals surface area (Å²) in [5.41, 5.74) is 0.312. The zero-order valence-corrected chi connectivity index (χ0v) is 7.98. The monoisotopic (exact) mass is 243 g/mol. The number of hydrogen-bond donors (Lipinski definition) is 0. The van der Waals surface area contributed by atoms with E-state index in [1.54, 1.807) is 6.07 Å². The Morgan fingerprint density at radius 3 is 2.69 bits per heavy atom. The summed E-state index contributed by atoms with van der Waals surface area (Å²) >= 11 is 3.17. The van der Waals surface area contributed by atoms with Gasteiger partial charge in [-0.05, 0) is 28.1 Å². The number of hydrogen-bond acceptors (Lipinski definition) is 1. The Morgan fingerprint density at radius 2 is 1.92 bits per heavy atom. The van der Waals surface area contributed by atoms with Crippen molar-refractivity contribution in [2.24, 2.45) is 0 Å². The highest BCUT2D eigenvalue weighted by Gasteiger charge is 2.03. The summed E-state index contributed by atoms with van der Waals surface area (Å²) in [7, 11) is 0. The van der Waals surface area contributed by atoms with Crippen LogP contribution in [0.4, 0.5) is 8.78 Å². The third-order valence-corrected chi connectivity index (χ3v) is 2.35. The van der Waals surface area contributed by atoms with E-state index < -0.39 is 11.8 Å². The molecule has 1 aromatic carbocycles. The fourth-order valence-electron chi connectivity index (χ4n) is 1.13. The van der Waals surface area contributed by atoms with Gasteiger partial charge >= 0.3 is 0 Å². The molecule has 4 heteroatoms. The molecule has 1 aromatic heterocycles. The number of rotatable bonds is 0. The molecular weight excluding hydrogens is 240 g/mol. The van der Waals surface area contributed by atoms with Crippen molar-refractivity contribution in [1.29, 1.82) is 0 Å². The van der Waals surface area contributed by atoms with Crippen LogP contribution in [0.5, 0.6) is 0 Å². The molecular formula is C9H4BrF2N. The lowest BCUT2D eigenvalue weighted by atomic mass is 10.2. The molecule has 66 valence electrons. The first kappa shape index (κ1) is 8.56. The maximum Gasteiger partial charge on any atom is 0.214 e. The van der Waals surface area contributed by atoms with Crippen molar-refractivity contribution >= 4 is 26.8 Å². The summed E-state index contributed by atoms with van der Waals surface area (Å²) in [5.74, 6) is -1.04. The van der Waals surface area contributed by atoms with E-state index in [2.05, 4.69) is 20.9 Å². The van der Waals surface area contributed by atoms with Gasteiger partial charge in [-0.25, -0.2) is 9.37 Å². The van der Waals surface area contributed by atoms with Gasteiger partial charge in [0.15, 0.2) is 0 Å². The predicted molar refractivity (Wildman–Crippen MR) is 49.4 cm³/mol. The van der Waals surface area contributed by atoms with Crippen molar-refractivity contribution in [3.05, 3.63) is 40.5 Å². The minimum atomic E-state index is -0.620. The lowest BCUT2D eigenvalue weighted by Gasteiger charge is -1.99. The number of fused-ring (bicyclic) bond motifs is 1. The number of nitrogens with zero attached hydrogens (tertiary/aromatic N) is 1. The summed E-state index contributed by atoms with van der Waals surface area (Å²) < 4.78 is 26.1. The van der Waals surface area contributed by atoms with Crippen LogP contribution in [-0.4, -0.2) is 4.98 Å². The summed E-state index contributed by atoms with van der Waals surface area (Å²) in [6.07, 6.45) is 0. The molecule has 13 heavy (non-hydrogen) atoms. The van der Waals surface area contributed by atoms with E-state index in [0.717, 1.165) is 0 Å². The molecule has 0 amide bonds. The largest absolute Gasteiger partial charge is 0.220 e. The van der Waals surface area contributed by atoms with Gasteiger partial charge < -0.3 is 0 Å². The average molecular weight is 244 g/mol. The first-order chi connectivity index (χ1) is 6.16. The van der Waals surface area contributed by atoms with E-state index in [1.165, 1.54) is 18.2 Å². The van der Waals surface area contributed by atoms with Crippen LogP contribution in [-0.2, 0) is 0 Å². The highest BCUT2D eigenvalue weighted by atomic mass is 79.9. The lowest BCUT2D eigenvalue weighted by Crippen LogP contribution is -1.86. The molecule has 0 bridgehead atoms. The van der Waals surface area contributed by atoms with Crippen LogP contribution in [0.1, 0.15) is 0 Å². The standard InChI is InChI=1S/C9H4BrF2N/c10-7-4-9(12)13-8-3-5(11)1-2-6(7)8/h1-4H. The van der Waals surface area contributed by atoms with Crippen LogP contribution in [0, 0.1) is 11.8 Å². The van der Waals surface area contributed by atoms with E-state index >= 15 is 0 Å². The second-order valence-corrected chi connectivity index (χ2v) is 3.44. The van der Waals surface area contributed by atoms with Crippen LogP contribution in [0.15, 0.2) is 28.7 Å². The Balaban J connectivity index is 2.86. The Kier molecular flexibility index (Phi) is 2.00. The fourth-order valence-corrected chi connectivity index (χ4v) is 1.65. The van der Waals surface area contributed by atoms with Gasteiger partial charge in [-0.3, -0.25) is 0 Å². The molecule has 0 spiro atoms. The zero-order valence-electron chi connectivity index (χ0n) is 6.39. The molecule has 0 N–H and O–H groups in total. The molecule has 2 aromatic rings. The van der Waals surface area contributed by atoms with Gasteiger partial charge in [-0.15, -0.1) is 0 Å². The Morgan fingerprint density at radius 1 is 1.15 bits per heavy atom. The molecule has 0 saturated carbocycles. The summed E-state index contributed by atoms with van der Waals surface area (Å²) in [4.78, 5) is 3.56. The molecule has 1 heterocycles. The van der Waals surface area contributed by atoms with Crippen molar-refractivity contribution in [2.75, 3.05) is 0 Å². The number of pyridine rings is 1. The summed E-state index contributed by atoms with van der Waals surface area (Å²) in [5, 5.41) is 0.697. The molecule has 0 aliphatic carbocycles. The zero-order chi connectivity index (χ0) is 9.42. The van der Waals surface area contributed by atoms with Crippen molar-refractivity contribution in [1.82, 2.24) is 4.98 Å². The van der Waals surface area contributed by atoms with Crippen molar-refractivity contribution in [2.45, 2.75) is 0 Å². The number of benzene rings is 1.